The standard InChI is InChI=1S/C20H19FN2O/c1-19(2)15-8-4-6-10-17(15)23-13-18(24)22-20(19,23)12-11-14-7-3-5-9-16(14)21/h3-12H,13H2,1-2H3,(H,22,24)/b12-11+/t20-/m1/s1. The van der Waals surface area contributed by atoms with E-state index in [-0.39, 0.29) is 17.1 Å². The molecule has 2 aliphatic rings. The molecule has 0 radical (unpaired) electrons. The number of halogens is 1. The second-order valence-corrected chi connectivity index (χ2v) is 6.90. The molecule has 1 saturated heterocycles. The lowest BCUT2D eigenvalue weighted by molar-refractivity contribution is -0.118. The molecule has 0 saturated carbocycles. The summed E-state index contributed by atoms with van der Waals surface area (Å²) in [7, 11) is 0. The van der Waals surface area contributed by atoms with E-state index in [1.807, 2.05) is 24.3 Å². The molecule has 1 amide bonds. The fourth-order valence-electron chi connectivity index (χ4n) is 3.96. The molecule has 2 heterocycles. The molecule has 0 aliphatic carbocycles. The van der Waals surface area contributed by atoms with Gasteiger partial charge in [0.15, 0.2) is 0 Å². The molecule has 3 nitrogen and oxygen atoms in total. The maximum Gasteiger partial charge on any atom is 0.241 e. The number of nitrogens with one attached hydrogen (secondary N) is 1. The summed E-state index contributed by atoms with van der Waals surface area (Å²) in [4.78, 5) is 14.3. The topological polar surface area (TPSA) is 32.3 Å². The number of nitrogens with zero attached hydrogens (tertiary/aromatic N) is 1. The molecule has 122 valence electrons. The number of para-hydroxylation sites is 1. The van der Waals surface area contributed by atoms with Crippen LogP contribution in [0, 0.1) is 5.82 Å². The summed E-state index contributed by atoms with van der Waals surface area (Å²) in [5.74, 6) is -0.287. The SMILES string of the molecule is CC1(C)c2ccccc2N2CC(=O)N[C@]21/C=C/c1ccccc1F. The van der Waals surface area contributed by atoms with Crippen molar-refractivity contribution in [1.82, 2.24) is 5.32 Å². The second kappa shape index (κ2) is 4.94. The first kappa shape index (κ1) is 14.9. The Hall–Kier alpha value is -2.62. The van der Waals surface area contributed by atoms with Crippen LogP contribution in [0.4, 0.5) is 10.1 Å². The van der Waals surface area contributed by atoms with E-state index in [1.165, 1.54) is 11.6 Å². The Kier molecular flexibility index (Phi) is 3.07. The van der Waals surface area contributed by atoms with Crippen LogP contribution in [0.5, 0.6) is 0 Å². The van der Waals surface area contributed by atoms with E-state index in [2.05, 4.69) is 30.1 Å². The average molecular weight is 322 g/mol. The molecule has 0 aromatic heterocycles. The monoisotopic (exact) mass is 322 g/mol. The summed E-state index contributed by atoms with van der Waals surface area (Å²) < 4.78 is 14.0. The predicted octanol–water partition coefficient (Wildman–Crippen LogP) is 3.46. The highest BCUT2D eigenvalue weighted by Gasteiger charge is 2.59. The number of amides is 1. The number of fused-ring (bicyclic) bond motifs is 3. The van der Waals surface area contributed by atoms with Crippen molar-refractivity contribution in [1.29, 1.82) is 0 Å². The number of carbonyl (C=O) groups is 1. The zero-order chi connectivity index (χ0) is 16.9. The van der Waals surface area contributed by atoms with Crippen LogP contribution in [0.15, 0.2) is 54.6 Å². The summed E-state index contributed by atoms with van der Waals surface area (Å²) in [6, 6.07) is 14.8. The Balaban J connectivity index is 1.86. The highest BCUT2D eigenvalue weighted by molar-refractivity contribution is 5.91. The minimum Gasteiger partial charge on any atom is -0.335 e. The third kappa shape index (κ3) is 1.86. The molecule has 0 spiro atoms. The number of carbonyl (C=O) groups excluding carboxylic acids is 1. The van der Waals surface area contributed by atoms with Gasteiger partial charge in [0, 0.05) is 16.7 Å². The van der Waals surface area contributed by atoms with E-state index < -0.39 is 5.66 Å². The summed E-state index contributed by atoms with van der Waals surface area (Å²) in [5, 5.41) is 3.13. The molecule has 1 fully saturated rings. The lowest BCUT2D eigenvalue weighted by Gasteiger charge is -2.40. The molecule has 4 heteroatoms. The van der Waals surface area contributed by atoms with E-state index >= 15 is 0 Å². The number of hydrogen-bond acceptors (Lipinski definition) is 2. The van der Waals surface area contributed by atoms with Gasteiger partial charge in [0.25, 0.3) is 0 Å². The molecular weight excluding hydrogens is 303 g/mol. The zero-order valence-electron chi connectivity index (χ0n) is 13.7. The zero-order valence-corrected chi connectivity index (χ0v) is 13.7. The van der Waals surface area contributed by atoms with Gasteiger partial charge >= 0.3 is 0 Å². The average Bonchev–Trinajstić information content (AvgIpc) is 2.99. The molecule has 0 bridgehead atoms. The molecule has 4 rings (SSSR count). The first-order chi connectivity index (χ1) is 11.5. The molecule has 2 aliphatic heterocycles. The summed E-state index contributed by atoms with van der Waals surface area (Å²) in [6.07, 6.45) is 3.69. The minimum absolute atomic E-state index is 0.0178. The lowest BCUT2D eigenvalue weighted by Crippen LogP contribution is -2.58. The first-order valence-electron chi connectivity index (χ1n) is 8.08. The Morgan fingerprint density at radius 3 is 2.62 bits per heavy atom. The summed E-state index contributed by atoms with van der Waals surface area (Å²) in [5.41, 5.74) is 1.73. The van der Waals surface area contributed by atoms with Crippen LogP contribution < -0.4 is 10.2 Å². The number of anilines is 1. The third-order valence-electron chi connectivity index (χ3n) is 5.29. The molecule has 1 N–H and O–H groups in total. The molecule has 24 heavy (non-hydrogen) atoms. The van der Waals surface area contributed by atoms with E-state index in [0.717, 1.165) is 5.69 Å². The van der Waals surface area contributed by atoms with Crippen LogP contribution >= 0.6 is 0 Å². The van der Waals surface area contributed by atoms with E-state index in [9.17, 15) is 9.18 Å². The maximum absolute atomic E-state index is 14.0. The van der Waals surface area contributed by atoms with Crippen molar-refractivity contribution < 1.29 is 9.18 Å². The van der Waals surface area contributed by atoms with Crippen molar-refractivity contribution in [2.24, 2.45) is 0 Å². The predicted molar refractivity (Wildman–Crippen MR) is 93.1 cm³/mol. The van der Waals surface area contributed by atoms with Gasteiger partial charge in [-0.05, 0) is 23.8 Å². The first-order valence-corrected chi connectivity index (χ1v) is 8.08. The molecular formula is C20H19FN2O. The highest BCUT2D eigenvalue weighted by atomic mass is 19.1. The second-order valence-electron chi connectivity index (χ2n) is 6.90. The lowest BCUT2D eigenvalue weighted by atomic mass is 9.75. The van der Waals surface area contributed by atoms with Gasteiger partial charge in [-0.1, -0.05) is 56.3 Å². The van der Waals surface area contributed by atoms with Crippen molar-refractivity contribution in [3.8, 4) is 0 Å². The fraction of sp³-hybridized carbons (Fsp3) is 0.250. The summed E-state index contributed by atoms with van der Waals surface area (Å²) >= 11 is 0. The van der Waals surface area contributed by atoms with Crippen molar-refractivity contribution in [2.45, 2.75) is 24.9 Å². The van der Waals surface area contributed by atoms with Crippen molar-refractivity contribution in [3.63, 3.8) is 0 Å². The van der Waals surface area contributed by atoms with Gasteiger partial charge in [-0.15, -0.1) is 0 Å². The van der Waals surface area contributed by atoms with Crippen LogP contribution in [0.25, 0.3) is 6.08 Å². The van der Waals surface area contributed by atoms with E-state index in [1.54, 1.807) is 24.3 Å². The van der Waals surface area contributed by atoms with E-state index in [4.69, 9.17) is 0 Å². The van der Waals surface area contributed by atoms with Gasteiger partial charge in [0.2, 0.25) is 5.91 Å². The van der Waals surface area contributed by atoms with Crippen molar-refractivity contribution >= 4 is 17.7 Å². The molecule has 1 atom stereocenters. The normalized spacial score (nSPS) is 24.1. The quantitative estimate of drug-likeness (QED) is 0.918. The van der Waals surface area contributed by atoms with Crippen LogP contribution in [0.1, 0.15) is 25.0 Å². The molecule has 2 aromatic carbocycles. The highest BCUT2D eigenvalue weighted by Crippen LogP contribution is 2.52. The number of hydrogen-bond donors (Lipinski definition) is 1. The van der Waals surface area contributed by atoms with Gasteiger partial charge < -0.3 is 10.2 Å². The maximum atomic E-state index is 14.0. The largest absolute Gasteiger partial charge is 0.335 e. The third-order valence-corrected chi connectivity index (χ3v) is 5.29. The Morgan fingerprint density at radius 2 is 1.83 bits per heavy atom. The number of rotatable bonds is 2. The van der Waals surface area contributed by atoms with Crippen LogP contribution in [-0.2, 0) is 10.2 Å². The fourth-order valence-corrected chi connectivity index (χ4v) is 3.96. The van der Waals surface area contributed by atoms with Crippen LogP contribution in [0.3, 0.4) is 0 Å². The van der Waals surface area contributed by atoms with Gasteiger partial charge in [-0.25, -0.2) is 4.39 Å². The van der Waals surface area contributed by atoms with E-state index in [0.29, 0.717) is 12.1 Å². The Bertz CT molecular complexity index is 858. The van der Waals surface area contributed by atoms with Gasteiger partial charge in [-0.3, -0.25) is 4.79 Å². The van der Waals surface area contributed by atoms with Crippen LogP contribution in [0.2, 0.25) is 0 Å². The molecule has 2 aromatic rings. The Morgan fingerprint density at radius 1 is 1.12 bits per heavy atom. The number of benzene rings is 2. The minimum atomic E-state index is -0.684. The van der Waals surface area contributed by atoms with Gasteiger partial charge in [0.1, 0.15) is 11.5 Å². The smallest absolute Gasteiger partial charge is 0.241 e. The summed E-state index contributed by atoms with van der Waals surface area (Å²) in [6.45, 7) is 4.54. The molecule has 0 unspecified atom stereocenters. The van der Waals surface area contributed by atoms with Gasteiger partial charge in [0.05, 0.1) is 6.54 Å². The van der Waals surface area contributed by atoms with Crippen molar-refractivity contribution in [3.05, 3.63) is 71.6 Å². The van der Waals surface area contributed by atoms with Crippen LogP contribution in [-0.4, -0.2) is 18.1 Å². The van der Waals surface area contributed by atoms with Crippen molar-refractivity contribution in [2.75, 3.05) is 11.4 Å². The van der Waals surface area contributed by atoms with Gasteiger partial charge in [-0.2, -0.15) is 0 Å². The Labute approximate surface area is 140 Å².